The molecule has 5 nitrogen and oxygen atoms in total. The molecular weight excluding hydrogens is 337 g/mol. The van der Waals surface area contributed by atoms with Crippen LogP contribution in [0.15, 0.2) is 47.0 Å². The molecule has 6 heteroatoms. The Morgan fingerprint density at radius 2 is 1.88 bits per heavy atom. The highest BCUT2D eigenvalue weighted by molar-refractivity contribution is 5.88. The van der Waals surface area contributed by atoms with Crippen molar-refractivity contribution >= 4 is 18.1 Å². The zero-order valence-corrected chi connectivity index (χ0v) is 14.2. The van der Waals surface area contributed by atoms with Gasteiger partial charge in [-0.05, 0) is 60.9 Å². The Bertz CT molecular complexity index is 968. The maximum atomic E-state index is 13.5. The molecule has 0 spiro atoms. The second kappa shape index (κ2) is 7.23. The summed E-state index contributed by atoms with van der Waals surface area (Å²) in [6, 6.07) is 9.22. The Morgan fingerprint density at radius 3 is 2.58 bits per heavy atom. The topological polar surface area (TPSA) is 72.6 Å². The largest absolute Gasteiger partial charge is 0.507 e. The zero-order chi connectivity index (χ0) is 18.7. The Labute approximate surface area is 149 Å². The molecule has 0 bridgehead atoms. The van der Waals surface area contributed by atoms with E-state index in [4.69, 9.17) is 9.15 Å². The van der Waals surface area contributed by atoms with E-state index in [0.717, 1.165) is 16.7 Å². The molecule has 1 heterocycles. The number of oxazole rings is 1. The van der Waals surface area contributed by atoms with Gasteiger partial charge in [0.05, 0.1) is 6.20 Å². The molecule has 0 atom stereocenters. The first-order valence-electron chi connectivity index (χ1n) is 7.85. The van der Waals surface area contributed by atoms with Crippen molar-refractivity contribution in [2.24, 2.45) is 0 Å². The summed E-state index contributed by atoms with van der Waals surface area (Å²) >= 11 is 0. The van der Waals surface area contributed by atoms with Crippen LogP contribution < -0.4 is 4.74 Å². The van der Waals surface area contributed by atoms with E-state index in [1.54, 1.807) is 18.2 Å². The predicted octanol–water partition coefficient (Wildman–Crippen LogP) is 4.53. The normalized spacial score (nSPS) is 11.0. The summed E-state index contributed by atoms with van der Waals surface area (Å²) in [5.74, 6) is -1.32. The molecule has 132 valence electrons. The number of halogens is 1. The Morgan fingerprint density at radius 1 is 1.19 bits per heavy atom. The van der Waals surface area contributed by atoms with Crippen LogP contribution in [0.25, 0.3) is 12.2 Å². The fraction of sp³-hybridized carbons (Fsp3) is 0.100. The average molecular weight is 353 g/mol. The smallest absolute Gasteiger partial charge is 0.381 e. The number of aromatic hydroxyl groups is 1. The number of benzene rings is 2. The Hall–Kier alpha value is -3.41. The molecule has 1 aromatic heterocycles. The van der Waals surface area contributed by atoms with Gasteiger partial charge in [0.1, 0.15) is 5.75 Å². The number of phenolic OH excluding ortho intramolecular Hbond substituents is 1. The number of hydrogen-bond donors (Lipinski definition) is 1. The number of carbonyl (C=O) groups excluding carboxylic acids is 1. The van der Waals surface area contributed by atoms with Crippen molar-refractivity contribution in [1.29, 1.82) is 0 Å². The van der Waals surface area contributed by atoms with Gasteiger partial charge in [-0.15, -0.1) is 0 Å². The Kier molecular flexibility index (Phi) is 4.84. The van der Waals surface area contributed by atoms with Gasteiger partial charge in [-0.2, -0.15) is 0 Å². The lowest BCUT2D eigenvalue weighted by atomic mass is 10.1. The third kappa shape index (κ3) is 3.80. The van der Waals surface area contributed by atoms with E-state index in [-0.39, 0.29) is 23.1 Å². The number of aromatic nitrogens is 1. The molecule has 0 unspecified atom stereocenters. The number of carbonyl (C=O) groups is 1. The maximum absolute atomic E-state index is 13.5. The maximum Gasteiger partial charge on any atom is 0.381 e. The zero-order valence-electron chi connectivity index (χ0n) is 14.2. The highest BCUT2D eigenvalue weighted by Gasteiger charge is 2.16. The van der Waals surface area contributed by atoms with Gasteiger partial charge in [0, 0.05) is 6.08 Å². The van der Waals surface area contributed by atoms with Crippen LogP contribution in [0.1, 0.15) is 33.1 Å². The van der Waals surface area contributed by atoms with E-state index >= 15 is 0 Å². The summed E-state index contributed by atoms with van der Waals surface area (Å²) in [5.41, 5.74) is 2.36. The van der Waals surface area contributed by atoms with Crippen LogP contribution in [-0.4, -0.2) is 16.1 Å². The number of ether oxygens (including phenoxy) is 1. The van der Waals surface area contributed by atoms with Gasteiger partial charge in [0.25, 0.3) is 0 Å². The number of aryl methyl sites for hydroxylation is 2. The molecule has 3 rings (SSSR count). The van der Waals surface area contributed by atoms with Crippen molar-refractivity contribution in [2.45, 2.75) is 13.8 Å². The molecule has 3 aromatic rings. The van der Waals surface area contributed by atoms with Crippen molar-refractivity contribution in [3.05, 3.63) is 76.8 Å². The molecular formula is C20H16FNO4. The molecule has 26 heavy (non-hydrogen) atoms. The summed E-state index contributed by atoms with van der Waals surface area (Å²) < 4.78 is 23.8. The lowest BCUT2D eigenvalue weighted by Gasteiger charge is -2.04. The first kappa shape index (κ1) is 17.4. The van der Waals surface area contributed by atoms with Gasteiger partial charge in [0.2, 0.25) is 11.7 Å². The SMILES string of the molecule is Cc1cc(/C=C/c2ncc(C(=O)Oc3ccccc3F)o2)cc(C)c1O. The third-order valence-electron chi connectivity index (χ3n) is 3.70. The van der Waals surface area contributed by atoms with Crippen LogP contribution in [0.5, 0.6) is 11.5 Å². The molecule has 0 saturated heterocycles. The van der Waals surface area contributed by atoms with Gasteiger partial charge in [0.15, 0.2) is 11.6 Å². The van der Waals surface area contributed by atoms with Crippen LogP contribution in [0, 0.1) is 19.7 Å². The predicted molar refractivity (Wildman–Crippen MR) is 94.4 cm³/mol. The minimum atomic E-state index is -0.835. The minimum Gasteiger partial charge on any atom is -0.507 e. The number of rotatable bonds is 4. The summed E-state index contributed by atoms with van der Waals surface area (Å²) in [7, 11) is 0. The van der Waals surface area contributed by atoms with Crippen molar-refractivity contribution in [2.75, 3.05) is 0 Å². The van der Waals surface area contributed by atoms with E-state index in [2.05, 4.69) is 4.98 Å². The quantitative estimate of drug-likeness (QED) is 0.551. The van der Waals surface area contributed by atoms with E-state index in [1.807, 2.05) is 26.0 Å². The van der Waals surface area contributed by atoms with E-state index in [9.17, 15) is 14.3 Å². The first-order valence-corrected chi connectivity index (χ1v) is 7.85. The lowest BCUT2D eigenvalue weighted by Crippen LogP contribution is -2.08. The molecule has 0 aliphatic rings. The van der Waals surface area contributed by atoms with Crippen LogP contribution in [0.3, 0.4) is 0 Å². The summed E-state index contributed by atoms with van der Waals surface area (Å²) in [5, 5.41) is 9.79. The third-order valence-corrected chi connectivity index (χ3v) is 3.70. The second-order valence-corrected chi connectivity index (χ2v) is 5.72. The van der Waals surface area contributed by atoms with Crippen LogP contribution in [0.2, 0.25) is 0 Å². The van der Waals surface area contributed by atoms with Crippen LogP contribution >= 0.6 is 0 Å². The van der Waals surface area contributed by atoms with Gasteiger partial charge in [-0.25, -0.2) is 14.2 Å². The first-order chi connectivity index (χ1) is 12.4. The number of phenols is 1. The van der Waals surface area contributed by atoms with Gasteiger partial charge < -0.3 is 14.3 Å². The minimum absolute atomic E-state index is 0.133. The van der Waals surface area contributed by atoms with Crippen LogP contribution in [0.4, 0.5) is 4.39 Å². The van der Waals surface area contributed by atoms with E-state index < -0.39 is 11.8 Å². The fourth-order valence-corrected chi connectivity index (χ4v) is 2.39. The highest BCUT2D eigenvalue weighted by Crippen LogP contribution is 2.24. The van der Waals surface area contributed by atoms with Crippen molar-refractivity contribution in [3.63, 3.8) is 0 Å². The second-order valence-electron chi connectivity index (χ2n) is 5.72. The van der Waals surface area contributed by atoms with Gasteiger partial charge in [-0.3, -0.25) is 0 Å². The molecule has 0 saturated carbocycles. The lowest BCUT2D eigenvalue weighted by molar-refractivity contribution is 0.0694. The van der Waals surface area contributed by atoms with Crippen molar-refractivity contribution < 1.29 is 23.4 Å². The molecule has 0 radical (unpaired) electrons. The van der Waals surface area contributed by atoms with E-state index in [1.165, 1.54) is 24.4 Å². The summed E-state index contributed by atoms with van der Waals surface area (Å²) in [6.45, 7) is 3.61. The number of nitrogens with zero attached hydrogens (tertiary/aromatic N) is 1. The molecule has 0 aliphatic heterocycles. The van der Waals surface area contributed by atoms with Crippen LogP contribution in [-0.2, 0) is 0 Å². The van der Waals surface area contributed by atoms with E-state index in [0.29, 0.717) is 0 Å². The molecule has 0 fully saturated rings. The molecule has 2 aromatic carbocycles. The standard InChI is InChI=1S/C20H16FNO4/c1-12-9-14(10-13(2)19(12)23)7-8-18-22-11-17(25-18)20(24)26-16-6-4-3-5-15(16)21/h3-11,23H,1-2H3/b8-7+. The average Bonchev–Trinajstić information content (AvgIpc) is 3.09. The number of hydrogen-bond acceptors (Lipinski definition) is 5. The summed E-state index contributed by atoms with van der Waals surface area (Å²) in [4.78, 5) is 16.0. The van der Waals surface area contributed by atoms with Gasteiger partial charge in [-0.1, -0.05) is 12.1 Å². The molecule has 0 amide bonds. The van der Waals surface area contributed by atoms with Gasteiger partial charge >= 0.3 is 5.97 Å². The molecule has 1 N–H and O–H groups in total. The number of esters is 1. The van der Waals surface area contributed by atoms with Crippen molar-refractivity contribution in [3.8, 4) is 11.5 Å². The van der Waals surface area contributed by atoms with Crippen molar-refractivity contribution in [1.82, 2.24) is 4.98 Å². The Balaban J connectivity index is 1.73. The molecule has 0 aliphatic carbocycles. The number of para-hydroxylation sites is 1. The summed E-state index contributed by atoms with van der Waals surface area (Å²) in [6.07, 6.45) is 4.55. The fourth-order valence-electron chi connectivity index (χ4n) is 2.39. The highest BCUT2D eigenvalue weighted by atomic mass is 19.1. The monoisotopic (exact) mass is 353 g/mol.